The Morgan fingerprint density at radius 3 is 2.55 bits per heavy atom. The lowest BCUT2D eigenvalue weighted by atomic mass is 9.81. The monoisotopic (exact) mass is 280 g/mol. The molecule has 0 aromatic heterocycles. The van der Waals surface area contributed by atoms with Gasteiger partial charge in [-0.05, 0) is 36.8 Å². The van der Waals surface area contributed by atoms with Crippen LogP contribution in [0.1, 0.15) is 39.0 Å². The molecule has 5 heteroatoms. The molecule has 0 saturated heterocycles. The molecule has 0 aliphatic heterocycles. The van der Waals surface area contributed by atoms with Gasteiger partial charge in [0.15, 0.2) is 0 Å². The van der Waals surface area contributed by atoms with E-state index in [1.54, 1.807) is 6.07 Å². The number of rotatable bonds is 5. The number of hydrogen-bond donors (Lipinski definition) is 1. The van der Waals surface area contributed by atoms with E-state index in [1.165, 1.54) is 25.3 Å². The minimum Gasteiger partial charge on any atom is -0.379 e. The molecule has 1 aromatic rings. The second kappa shape index (κ2) is 6.68. The van der Waals surface area contributed by atoms with E-state index in [0.717, 1.165) is 24.8 Å². The van der Waals surface area contributed by atoms with Gasteiger partial charge in [-0.25, -0.2) is 0 Å². The van der Waals surface area contributed by atoms with Gasteiger partial charge in [-0.2, -0.15) is 4.39 Å². The molecule has 0 unspecified atom stereocenters. The van der Waals surface area contributed by atoms with Crippen LogP contribution in [0.15, 0.2) is 18.2 Å². The van der Waals surface area contributed by atoms with Gasteiger partial charge in [0.05, 0.1) is 4.92 Å². The Hall–Kier alpha value is -1.65. The quantitative estimate of drug-likeness (QED) is 0.644. The average molecular weight is 280 g/mol. The molecule has 20 heavy (non-hydrogen) atoms. The van der Waals surface area contributed by atoms with Crippen molar-refractivity contribution in [1.82, 2.24) is 0 Å². The number of nitrogens with one attached hydrogen (secondary N) is 1. The van der Waals surface area contributed by atoms with Gasteiger partial charge in [0.25, 0.3) is 0 Å². The van der Waals surface area contributed by atoms with Crippen LogP contribution in [-0.2, 0) is 0 Å². The maximum Gasteiger partial charge on any atom is 0.327 e. The highest BCUT2D eigenvalue weighted by molar-refractivity contribution is 5.61. The molecule has 110 valence electrons. The summed E-state index contributed by atoms with van der Waals surface area (Å²) >= 11 is 0. The summed E-state index contributed by atoms with van der Waals surface area (Å²) in [5.74, 6) is 0.574. The van der Waals surface area contributed by atoms with Crippen LogP contribution in [0.25, 0.3) is 0 Å². The van der Waals surface area contributed by atoms with Crippen LogP contribution in [0.2, 0.25) is 0 Å². The van der Waals surface area contributed by atoms with Gasteiger partial charge in [0.1, 0.15) is 5.69 Å². The van der Waals surface area contributed by atoms with Crippen LogP contribution in [0.4, 0.5) is 15.8 Å². The van der Waals surface area contributed by atoms with E-state index in [-0.39, 0.29) is 5.69 Å². The van der Waals surface area contributed by atoms with Crippen molar-refractivity contribution in [2.45, 2.75) is 39.0 Å². The summed E-state index contributed by atoms with van der Waals surface area (Å²) in [7, 11) is 0. The fourth-order valence-electron chi connectivity index (χ4n) is 2.94. The second-order valence-corrected chi connectivity index (χ2v) is 5.57. The third-order valence-electron chi connectivity index (χ3n) is 4.29. The van der Waals surface area contributed by atoms with Gasteiger partial charge >= 0.3 is 5.69 Å². The van der Waals surface area contributed by atoms with Crippen LogP contribution in [0.5, 0.6) is 0 Å². The Labute approximate surface area is 118 Å². The SMILES string of the molecule is CCC1CCC(CNc2cccc(F)c2[N+](=O)[O-])CC1. The maximum atomic E-state index is 13.5. The molecule has 0 amide bonds. The number of hydrogen-bond acceptors (Lipinski definition) is 3. The standard InChI is InChI=1S/C15H21FN2O2/c1-2-11-6-8-12(9-7-11)10-17-14-5-3-4-13(16)15(14)18(19)20/h3-5,11-12,17H,2,6-10H2,1H3. The zero-order valence-electron chi connectivity index (χ0n) is 11.8. The highest BCUT2D eigenvalue weighted by atomic mass is 19.1. The molecular weight excluding hydrogens is 259 g/mol. The van der Waals surface area contributed by atoms with Gasteiger partial charge in [-0.15, -0.1) is 0 Å². The Balaban J connectivity index is 1.95. The lowest BCUT2D eigenvalue weighted by Crippen LogP contribution is -2.21. The number of anilines is 1. The molecule has 1 fully saturated rings. The Morgan fingerprint density at radius 1 is 1.30 bits per heavy atom. The van der Waals surface area contributed by atoms with Crippen molar-refractivity contribution in [1.29, 1.82) is 0 Å². The van der Waals surface area contributed by atoms with Crippen LogP contribution in [-0.4, -0.2) is 11.5 Å². The molecule has 0 bridgehead atoms. The highest BCUT2D eigenvalue weighted by Crippen LogP contribution is 2.32. The van der Waals surface area contributed by atoms with E-state index in [1.807, 2.05) is 0 Å². The van der Waals surface area contributed by atoms with Crippen molar-refractivity contribution in [3.63, 3.8) is 0 Å². The van der Waals surface area contributed by atoms with Crippen molar-refractivity contribution >= 4 is 11.4 Å². The molecule has 2 rings (SSSR count). The first-order valence-corrected chi connectivity index (χ1v) is 7.28. The largest absolute Gasteiger partial charge is 0.379 e. The van der Waals surface area contributed by atoms with E-state index >= 15 is 0 Å². The Kier molecular flexibility index (Phi) is 4.93. The van der Waals surface area contributed by atoms with E-state index in [0.29, 0.717) is 12.5 Å². The van der Waals surface area contributed by atoms with Crippen molar-refractivity contribution in [2.24, 2.45) is 11.8 Å². The first-order valence-electron chi connectivity index (χ1n) is 7.28. The second-order valence-electron chi connectivity index (χ2n) is 5.57. The predicted octanol–water partition coefficient (Wildman–Crippen LogP) is 4.36. The smallest absolute Gasteiger partial charge is 0.327 e. The third kappa shape index (κ3) is 3.46. The van der Waals surface area contributed by atoms with Gasteiger partial charge in [0.2, 0.25) is 5.82 Å². The summed E-state index contributed by atoms with van der Waals surface area (Å²) in [6.45, 7) is 2.90. The molecule has 4 nitrogen and oxygen atoms in total. The maximum absolute atomic E-state index is 13.5. The lowest BCUT2D eigenvalue weighted by molar-refractivity contribution is -0.386. The number of halogens is 1. The van der Waals surface area contributed by atoms with Crippen molar-refractivity contribution in [2.75, 3.05) is 11.9 Å². The molecule has 0 heterocycles. The fourth-order valence-corrected chi connectivity index (χ4v) is 2.94. The lowest BCUT2D eigenvalue weighted by Gasteiger charge is -2.28. The van der Waals surface area contributed by atoms with Gasteiger partial charge in [-0.3, -0.25) is 10.1 Å². The molecule has 0 atom stereocenters. The zero-order chi connectivity index (χ0) is 14.5. The molecule has 0 radical (unpaired) electrons. The first-order chi connectivity index (χ1) is 9.61. The van der Waals surface area contributed by atoms with Gasteiger partial charge in [-0.1, -0.05) is 32.3 Å². The predicted molar refractivity (Wildman–Crippen MR) is 77.3 cm³/mol. The van der Waals surface area contributed by atoms with Crippen LogP contribution < -0.4 is 5.32 Å². The summed E-state index contributed by atoms with van der Waals surface area (Å²) in [6.07, 6.45) is 5.99. The third-order valence-corrected chi connectivity index (χ3v) is 4.29. The van der Waals surface area contributed by atoms with Crippen LogP contribution >= 0.6 is 0 Å². The normalized spacial score (nSPS) is 22.5. The van der Waals surface area contributed by atoms with Crippen molar-refractivity contribution in [3.8, 4) is 0 Å². The fraction of sp³-hybridized carbons (Fsp3) is 0.600. The molecule has 1 aromatic carbocycles. The average Bonchev–Trinajstić information content (AvgIpc) is 2.45. The zero-order valence-corrected chi connectivity index (χ0v) is 11.8. The summed E-state index contributed by atoms with van der Waals surface area (Å²) in [5.41, 5.74) is -0.164. The highest BCUT2D eigenvalue weighted by Gasteiger charge is 2.23. The number of nitro groups is 1. The van der Waals surface area contributed by atoms with Gasteiger partial charge in [0, 0.05) is 6.54 Å². The first kappa shape index (κ1) is 14.8. The summed E-state index contributed by atoms with van der Waals surface area (Å²) in [6, 6.07) is 4.19. The molecule has 0 spiro atoms. The van der Waals surface area contributed by atoms with E-state index in [9.17, 15) is 14.5 Å². The molecular formula is C15H21FN2O2. The van der Waals surface area contributed by atoms with Crippen LogP contribution in [0.3, 0.4) is 0 Å². The molecule has 1 aliphatic carbocycles. The topological polar surface area (TPSA) is 55.2 Å². The summed E-state index contributed by atoms with van der Waals surface area (Å²) in [5, 5.41) is 14.0. The number of nitro benzene ring substituents is 1. The number of benzene rings is 1. The minimum atomic E-state index is -0.783. The molecule has 1 saturated carbocycles. The van der Waals surface area contributed by atoms with E-state index in [2.05, 4.69) is 12.2 Å². The van der Waals surface area contributed by atoms with Crippen molar-refractivity contribution in [3.05, 3.63) is 34.1 Å². The van der Waals surface area contributed by atoms with Crippen molar-refractivity contribution < 1.29 is 9.31 Å². The Morgan fingerprint density at radius 2 is 1.95 bits per heavy atom. The molecule has 1 N–H and O–H groups in total. The Bertz CT molecular complexity index is 471. The number of nitrogens with zero attached hydrogens (tertiary/aromatic N) is 1. The number of para-hydroxylation sites is 1. The van der Waals surface area contributed by atoms with Crippen LogP contribution in [0, 0.1) is 27.8 Å². The minimum absolute atomic E-state index is 0.285. The van der Waals surface area contributed by atoms with E-state index < -0.39 is 16.4 Å². The summed E-state index contributed by atoms with van der Waals surface area (Å²) < 4.78 is 13.5. The molecule has 1 aliphatic rings. The summed E-state index contributed by atoms with van der Waals surface area (Å²) in [4.78, 5) is 10.2. The van der Waals surface area contributed by atoms with E-state index in [4.69, 9.17) is 0 Å². The van der Waals surface area contributed by atoms with Gasteiger partial charge < -0.3 is 5.32 Å².